The lowest BCUT2D eigenvalue weighted by Gasteiger charge is -2.24. The van der Waals surface area contributed by atoms with Crippen LogP contribution in [-0.2, 0) is 6.42 Å². The number of benzene rings is 2. The van der Waals surface area contributed by atoms with Gasteiger partial charge in [-0.25, -0.2) is 4.79 Å². The summed E-state index contributed by atoms with van der Waals surface area (Å²) in [5.41, 5.74) is 4.28. The highest BCUT2D eigenvalue weighted by Gasteiger charge is 2.22. The lowest BCUT2D eigenvalue weighted by atomic mass is 10.2. The van der Waals surface area contributed by atoms with Crippen LogP contribution in [0.1, 0.15) is 5.56 Å². The number of likely N-dealkylation sites (N-methyl/N-ethyl adjacent to an activating group) is 1. The van der Waals surface area contributed by atoms with Crippen molar-refractivity contribution in [1.82, 2.24) is 4.90 Å². The standard InChI is InChI=1S/C18H21N3O2/c1-20(12-13-22)18(23)19-15-7-3-5-9-17(15)21-11-10-14-6-2-4-8-16(14)21/h2-9,22H,10-13H2,1H3,(H,19,23). The van der Waals surface area contributed by atoms with Gasteiger partial charge in [0.25, 0.3) is 0 Å². The molecule has 5 heteroatoms. The molecular formula is C18H21N3O2. The van der Waals surface area contributed by atoms with E-state index in [-0.39, 0.29) is 12.6 Å². The van der Waals surface area contributed by atoms with Crippen molar-refractivity contribution in [2.45, 2.75) is 6.42 Å². The predicted molar refractivity (Wildman–Crippen MR) is 92.3 cm³/mol. The number of nitrogens with zero attached hydrogens (tertiary/aromatic N) is 2. The average Bonchev–Trinajstić information content (AvgIpc) is 2.99. The summed E-state index contributed by atoms with van der Waals surface area (Å²) in [6.07, 6.45) is 1.00. The first-order valence-electron chi connectivity index (χ1n) is 7.78. The summed E-state index contributed by atoms with van der Waals surface area (Å²) in [4.78, 5) is 15.9. The monoisotopic (exact) mass is 311 g/mol. The molecule has 23 heavy (non-hydrogen) atoms. The Kier molecular flexibility index (Phi) is 4.48. The average molecular weight is 311 g/mol. The molecule has 1 aliphatic heterocycles. The van der Waals surface area contributed by atoms with Crippen molar-refractivity contribution in [1.29, 1.82) is 0 Å². The number of urea groups is 1. The van der Waals surface area contributed by atoms with Gasteiger partial charge in [-0.1, -0.05) is 30.3 Å². The maximum absolute atomic E-state index is 12.2. The van der Waals surface area contributed by atoms with E-state index in [0.717, 1.165) is 24.3 Å². The zero-order chi connectivity index (χ0) is 16.2. The number of anilines is 3. The molecule has 0 atom stereocenters. The van der Waals surface area contributed by atoms with Gasteiger partial charge in [0, 0.05) is 25.8 Å². The minimum Gasteiger partial charge on any atom is -0.395 e. The number of hydrogen-bond acceptors (Lipinski definition) is 3. The van der Waals surface area contributed by atoms with Gasteiger partial charge < -0.3 is 20.2 Å². The van der Waals surface area contributed by atoms with Crippen molar-refractivity contribution in [2.24, 2.45) is 0 Å². The van der Waals surface area contributed by atoms with Gasteiger partial charge in [-0.15, -0.1) is 0 Å². The minimum atomic E-state index is -0.223. The molecule has 120 valence electrons. The molecule has 2 N–H and O–H groups in total. The topological polar surface area (TPSA) is 55.8 Å². The molecular weight excluding hydrogens is 290 g/mol. The fourth-order valence-corrected chi connectivity index (χ4v) is 2.87. The van der Waals surface area contributed by atoms with E-state index in [9.17, 15) is 4.79 Å². The molecule has 0 aromatic heterocycles. The second kappa shape index (κ2) is 6.71. The molecule has 2 amide bonds. The van der Waals surface area contributed by atoms with Crippen molar-refractivity contribution in [3.05, 3.63) is 54.1 Å². The Hall–Kier alpha value is -2.53. The summed E-state index contributed by atoms with van der Waals surface area (Å²) in [5.74, 6) is 0. The van der Waals surface area contributed by atoms with Crippen molar-refractivity contribution in [2.75, 3.05) is 37.0 Å². The second-order valence-electron chi connectivity index (χ2n) is 5.62. The Morgan fingerprint density at radius 2 is 1.87 bits per heavy atom. The molecule has 2 aromatic rings. The molecule has 0 radical (unpaired) electrons. The zero-order valence-electron chi connectivity index (χ0n) is 13.2. The van der Waals surface area contributed by atoms with Gasteiger partial charge >= 0.3 is 6.03 Å². The highest BCUT2D eigenvalue weighted by atomic mass is 16.3. The van der Waals surface area contributed by atoms with Crippen LogP contribution in [0.4, 0.5) is 21.9 Å². The van der Waals surface area contributed by atoms with E-state index in [1.807, 2.05) is 30.3 Å². The van der Waals surface area contributed by atoms with Crippen LogP contribution in [0.3, 0.4) is 0 Å². The molecule has 0 fully saturated rings. The number of fused-ring (bicyclic) bond motifs is 1. The summed E-state index contributed by atoms with van der Waals surface area (Å²) < 4.78 is 0. The predicted octanol–water partition coefficient (Wildman–Crippen LogP) is 2.84. The fraction of sp³-hybridized carbons (Fsp3) is 0.278. The molecule has 5 nitrogen and oxygen atoms in total. The van der Waals surface area contributed by atoms with E-state index < -0.39 is 0 Å². The van der Waals surface area contributed by atoms with E-state index in [2.05, 4.69) is 28.4 Å². The lowest BCUT2D eigenvalue weighted by molar-refractivity contribution is 0.202. The van der Waals surface area contributed by atoms with Gasteiger partial charge in [0.2, 0.25) is 0 Å². The number of para-hydroxylation sites is 3. The Labute approximate surface area is 136 Å². The Balaban J connectivity index is 1.86. The summed E-state index contributed by atoms with van der Waals surface area (Å²) in [6.45, 7) is 1.16. The van der Waals surface area contributed by atoms with Crippen LogP contribution in [-0.4, -0.2) is 42.8 Å². The highest BCUT2D eigenvalue weighted by Crippen LogP contribution is 2.38. The normalized spacial score (nSPS) is 12.9. The van der Waals surface area contributed by atoms with Gasteiger partial charge in [-0.3, -0.25) is 0 Å². The first-order chi connectivity index (χ1) is 11.2. The van der Waals surface area contributed by atoms with Crippen LogP contribution in [0.5, 0.6) is 0 Å². The molecule has 0 aliphatic carbocycles. The number of hydrogen-bond donors (Lipinski definition) is 2. The van der Waals surface area contributed by atoms with Crippen LogP contribution >= 0.6 is 0 Å². The van der Waals surface area contributed by atoms with Crippen molar-refractivity contribution >= 4 is 23.1 Å². The van der Waals surface area contributed by atoms with Gasteiger partial charge in [0.15, 0.2) is 0 Å². The maximum Gasteiger partial charge on any atom is 0.321 e. The first kappa shape index (κ1) is 15.4. The summed E-state index contributed by atoms with van der Waals surface area (Å²) in [5, 5.41) is 11.9. The third kappa shape index (κ3) is 3.14. The molecule has 0 spiro atoms. The van der Waals surface area contributed by atoms with E-state index >= 15 is 0 Å². The van der Waals surface area contributed by atoms with Crippen molar-refractivity contribution in [3.63, 3.8) is 0 Å². The largest absolute Gasteiger partial charge is 0.395 e. The number of nitrogens with one attached hydrogen (secondary N) is 1. The molecule has 1 heterocycles. The van der Waals surface area contributed by atoms with Crippen LogP contribution in [0.15, 0.2) is 48.5 Å². The van der Waals surface area contributed by atoms with Crippen LogP contribution in [0.2, 0.25) is 0 Å². The van der Waals surface area contributed by atoms with E-state index in [1.165, 1.54) is 16.2 Å². The van der Waals surface area contributed by atoms with E-state index in [4.69, 9.17) is 5.11 Å². The van der Waals surface area contributed by atoms with Crippen LogP contribution < -0.4 is 10.2 Å². The van der Waals surface area contributed by atoms with E-state index in [0.29, 0.717) is 6.54 Å². The number of aliphatic hydroxyl groups excluding tert-OH is 1. The fourth-order valence-electron chi connectivity index (χ4n) is 2.87. The molecule has 3 rings (SSSR count). The van der Waals surface area contributed by atoms with Crippen LogP contribution in [0, 0.1) is 0 Å². The summed E-state index contributed by atoms with van der Waals surface area (Å²) in [6, 6.07) is 15.9. The number of rotatable bonds is 4. The van der Waals surface area contributed by atoms with Crippen molar-refractivity contribution < 1.29 is 9.90 Å². The minimum absolute atomic E-state index is 0.0505. The molecule has 0 saturated heterocycles. The number of carbonyl (C=O) groups is 1. The molecule has 0 saturated carbocycles. The quantitative estimate of drug-likeness (QED) is 0.913. The Morgan fingerprint density at radius 3 is 2.65 bits per heavy atom. The highest BCUT2D eigenvalue weighted by molar-refractivity contribution is 5.94. The number of aliphatic hydroxyl groups is 1. The number of amides is 2. The summed E-state index contributed by atoms with van der Waals surface area (Å²) in [7, 11) is 1.67. The smallest absolute Gasteiger partial charge is 0.321 e. The molecule has 0 bridgehead atoms. The van der Waals surface area contributed by atoms with Crippen molar-refractivity contribution in [3.8, 4) is 0 Å². The number of carbonyl (C=O) groups excluding carboxylic acids is 1. The lowest BCUT2D eigenvalue weighted by Crippen LogP contribution is -2.34. The van der Waals surface area contributed by atoms with Gasteiger partial charge in [0.05, 0.1) is 18.0 Å². The zero-order valence-corrected chi connectivity index (χ0v) is 13.2. The maximum atomic E-state index is 12.2. The third-order valence-electron chi connectivity index (χ3n) is 4.11. The molecule has 1 aliphatic rings. The summed E-state index contributed by atoms with van der Waals surface area (Å²) >= 11 is 0. The van der Waals surface area contributed by atoms with Crippen LogP contribution in [0.25, 0.3) is 0 Å². The van der Waals surface area contributed by atoms with Gasteiger partial charge in [0.1, 0.15) is 0 Å². The second-order valence-corrected chi connectivity index (χ2v) is 5.62. The molecule has 2 aromatic carbocycles. The first-order valence-corrected chi connectivity index (χ1v) is 7.78. The Bertz CT molecular complexity index is 702. The molecule has 0 unspecified atom stereocenters. The third-order valence-corrected chi connectivity index (χ3v) is 4.11. The SMILES string of the molecule is CN(CCO)C(=O)Nc1ccccc1N1CCc2ccccc21. The van der Waals surface area contributed by atoms with E-state index in [1.54, 1.807) is 7.05 Å². The van der Waals surface area contributed by atoms with Gasteiger partial charge in [-0.05, 0) is 30.2 Å². The van der Waals surface area contributed by atoms with Gasteiger partial charge in [-0.2, -0.15) is 0 Å². The Morgan fingerprint density at radius 1 is 1.17 bits per heavy atom.